The molecular weight excluding hydrogens is 324 g/mol. The third kappa shape index (κ3) is 3.25. The Morgan fingerprint density at radius 1 is 0.920 bits per heavy atom. The molecule has 25 heavy (non-hydrogen) atoms. The van der Waals surface area contributed by atoms with Crippen LogP contribution in [0.4, 0.5) is 0 Å². The molecule has 2 aromatic carbocycles. The normalized spacial score (nSPS) is 10.5. The van der Waals surface area contributed by atoms with E-state index in [9.17, 15) is 14.8 Å². The minimum Gasteiger partial charge on any atom is -0.497 e. The molecule has 0 unspecified atom stereocenters. The summed E-state index contributed by atoms with van der Waals surface area (Å²) in [5.41, 5.74) is 0.0786. The van der Waals surface area contributed by atoms with Gasteiger partial charge in [-0.1, -0.05) is 29.0 Å². The first-order valence-electron chi connectivity index (χ1n) is 7.44. The summed E-state index contributed by atoms with van der Waals surface area (Å²) in [6, 6.07) is 15.8. The van der Waals surface area contributed by atoms with Crippen LogP contribution < -0.4 is 20.7 Å². The number of rotatable bonds is 4. The van der Waals surface area contributed by atoms with Crippen molar-refractivity contribution in [1.29, 1.82) is 0 Å². The van der Waals surface area contributed by atoms with Crippen LogP contribution in [0.15, 0.2) is 64.2 Å². The van der Waals surface area contributed by atoms with Gasteiger partial charge in [0.1, 0.15) is 11.5 Å². The van der Waals surface area contributed by atoms with Crippen molar-refractivity contribution in [2.24, 2.45) is 7.05 Å². The molecule has 0 fully saturated rings. The third-order valence-corrected chi connectivity index (χ3v) is 3.71. The van der Waals surface area contributed by atoms with Crippen LogP contribution in [0.5, 0.6) is 17.4 Å². The van der Waals surface area contributed by atoms with E-state index in [1.165, 1.54) is 7.05 Å². The quantitative estimate of drug-likeness (QED) is 0.737. The van der Waals surface area contributed by atoms with Gasteiger partial charge in [-0.15, -0.1) is 0 Å². The van der Waals surface area contributed by atoms with E-state index in [2.05, 4.69) is 0 Å². The van der Waals surface area contributed by atoms with Crippen molar-refractivity contribution < 1.29 is 14.7 Å². The first-order valence-corrected chi connectivity index (χ1v) is 7.44. The minimum absolute atomic E-state index is 0.0273. The van der Waals surface area contributed by atoms with Gasteiger partial charge in [0.2, 0.25) is 5.88 Å². The van der Waals surface area contributed by atoms with Gasteiger partial charge in [0.05, 0.1) is 13.2 Å². The second-order valence-corrected chi connectivity index (χ2v) is 5.34. The molecule has 0 aliphatic rings. The fourth-order valence-corrected chi connectivity index (χ4v) is 2.35. The Kier molecular flexibility index (Phi) is 4.30. The molecule has 0 amide bonds. The minimum atomic E-state index is -0.883. The SMILES string of the molecule is COc1cccc(-c2cccc(Oc3cc(=O)n(O)c(=O)n3C)c2)c1. The van der Waals surface area contributed by atoms with E-state index < -0.39 is 11.2 Å². The van der Waals surface area contributed by atoms with Gasteiger partial charge in [-0.05, 0) is 35.4 Å². The zero-order valence-electron chi connectivity index (χ0n) is 13.7. The van der Waals surface area contributed by atoms with Gasteiger partial charge in [0.15, 0.2) is 0 Å². The van der Waals surface area contributed by atoms with E-state index in [1.54, 1.807) is 25.3 Å². The molecule has 0 atom stereocenters. The molecule has 1 heterocycles. The summed E-state index contributed by atoms with van der Waals surface area (Å²) in [6.45, 7) is 0. The van der Waals surface area contributed by atoms with E-state index in [0.717, 1.165) is 27.5 Å². The summed E-state index contributed by atoms with van der Waals surface area (Å²) in [7, 11) is 3.00. The average Bonchev–Trinajstić information content (AvgIpc) is 2.64. The van der Waals surface area contributed by atoms with Crippen molar-refractivity contribution in [2.45, 2.75) is 0 Å². The molecule has 0 saturated carbocycles. The Balaban J connectivity index is 1.98. The maximum absolute atomic E-state index is 11.7. The fraction of sp³-hybridized carbons (Fsp3) is 0.111. The highest BCUT2D eigenvalue weighted by Gasteiger charge is 2.10. The number of methoxy groups -OCH3 is 1. The van der Waals surface area contributed by atoms with Crippen molar-refractivity contribution >= 4 is 0 Å². The lowest BCUT2D eigenvalue weighted by Crippen LogP contribution is -2.37. The van der Waals surface area contributed by atoms with Crippen LogP contribution in [0, 0.1) is 0 Å². The van der Waals surface area contributed by atoms with E-state index in [0.29, 0.717) is 5.75 Å². The molecule has 0 saturated heterocycles. The van der Waals surface area contributed by atoms with Gasteiger partial charge in [0, 0.05) is 7.05 Å². The summed E-state index contributed by atoms with van der Waals surface area (Å²) in [5, 5.41) is 9.32. The number of nitrogens with zero attached hydrogens (tertiary/aromatic N) is 2. The second-order valence-electron chi connectivity index (χ2n) is 5.34. The predicted octanol–water partition coefficient (Wildman–Crippen LogP) is 2.25. The fourth-order valence-electron chi connectivity index (χ4n) is 2.35. The molecule has 0 aliphatic heterocycles. The Labute approximate surface area is 142 Å². The Hall–Kier alpha value is -3.48. The van der Waals surface area contributed by atoms with Crippen LogP contribution >= 0.6 is 0 Å². The number of benzene rings is 2. The van der Waals surface area contributed by atoms with Gasteiger partial charge in [0.25, 0.3) is 5.56 Å². The molecule has 3 rings (SSSR count). The number of hydrogen-bond donors (Lipinski definition) is 1. The summed E-state index contributed by atoms with van der Waals surface area (Å²) in [4.78, 5) is 23.3. The van der Waals surface area contributed by atoms with Crippen LogP contribution in [0.1, 0.15) is 0 Å². The zero-order valence-corrected chi connectivity index (χ0v) is 13.7. The van der Waals surface area contributed by atoms with Crippen LogP contribution in [-0.4, -0.2) is 21.6 Å². The largest absolute Gasteiger partial charge is 0.497 e. The van der Waals surface area contributed by atoms with E-state index in [-0.39, 0.29) is 10.6 Å². The van der Waals surface area contributed by atoms with Gasteiger partial charge < -0.3 is 14.7 Å². The van der Waals surface area contributed by atoms with Gasteiger partial charge >= 0.3 is 5.69 Å². The lowest BCUT2D eigenvalue weighted by Gasteiger charge is -2.11. The summed E-state index contributed by atoms with van der Waals surface area (Å²) in [6.07, 6.45) is 0. The van der Waals surface area contributed by atoms with E-state index in [1.807, 2.05) is 30.3 Å². The highest BCUT2D eigenvalue weighted by molar-refractivity contribution is 5.66. The van der Waals surface area contributed by atoms with Gasteiger partial charge in [-0.3, -0.25) is 9.36 Å². The van der Waals surface area contributed by atoms with Gasteiger partial charge in [-0.2, -0.15) is 0 Å². The van der Waals surface area contributed by atoms with Crippen LogP contribution in [0.2, 0.25) is 0 Å². The lowest BCUT2D eigenvalue weighted by molar-refractivity contribution is 0.153. The number of aromatic nitrogens is 2. The topological polar surface area (TPSA) is 82.7 Å². The maximum atomic E-state index is 11.7. The highest BCUT2D eigenvalue weighted by Crippen LogP contribution is 2.28. The first-order chi connectivity index (χ1) is 12.0. The average molecular weight is 340 g/mol. The highest BCUT2D eigenvalue weighted by atomic mass is 16.5. The van der Waals surface area contributed by atoms with E-state index >= 15 is 0 Å². The Bertz CT molecular complexity index is 1040. The molecule has 7 heteroatoms. The lowest BCUT2D eigenvalue weighted by atomic mass is 10.1. The van der Waals surface area contributed by atoms with E-state index in [4.69, 9.17) is 9.47 Å². The predicted molar refractivity (Wildman–Crippen MR) is 91.6 cm³/mol. The zero-order chi connectivity index (χ0) is 18.0. The standard InChI is InChI=1S/C18H16N2O5/c1-19-17(11-16(21)20(23)18(19)22)25-15-8-4-6-13(10-15)12-5-3-7-14(9-12)24-2/h3-11,23H,1-2H3. The van der Waals surface area contributed by atoms with Crippen molar-refractivity contribution in [3.8, 4) is 28.5 Å². The molecule has 1 aromatic heterocycles. The number of ether oxygens (including phenoxy) is 2. The Morgan fingerprint density at radius 3 is 2.16 bits per heavy atom. The van der Waals surface area contributed by atoms with Crippen LogP contribution in [0.3, 0.4) is 0 Å². The summed E-state index contributed by atoms with van der Waals surface area (Å²) < 4.78 is 11.9. The molecule has 7 nitrogen and oxygen atoms in total. The smallest absolute Gasteiger partial charge is 0.366 e. The van der Waals surface area contributed by atoms with Crippen molar-refractivity contribution in [2.75, 3.05) is 7.11 Å². The number of hydrogen-bond acceptors (Lipinski definition) is 5. The summed E-state index contributed by atoms with van der Waals surface area (Å²) in [5.74, 6) is 1.21. The molecule has 0 aliphatic carbocycles. The molecule has 0 bridgehead atoms. The van der Waals surface area contributed by atoms with Crippen LogP contribution in [-0.2, 0) is 7.05 Å². The molecular formula is C18H16N2O5. The molecule has 128 valence electrons. The van der Waals surface area contributed by atoms with Crippen molar-refractivity contribution in [1.82, 2.24) is 9.30 Å². The molecule has 0 radical (unpaired) electrons. The second kappa shape index (κ2) is 6.56. The van der Waals surface area contributed by atoms with Crippen molar-refractivity contribution in [3.05, 3.63) is 75.4 Å². The van der Waals surface area contributed by atoms with Gasteiger partial charge in [-0.25, -0.2) is 4.79 Å². The molecule has 0 spiro atoms. The van der Waals surface area contributed by atoms with Crippen LogP contribution in [0.25, 0.3) is 11.1 Å². The molecule has 1 N–H and O–H groups in total. The Morgan fingerprint density at radius 2 is 1.52 bits per heavy atom. The third-order valence-electron chi connectivity index (χ3n) is 3.71. The summed E-state index contributed by atoms with van der Waals surface area (Å²) >= 11 is 0. The maximum Gasteiger partial charge on any atom is 0.366 e. The monoisotopic (exact) mass is 340 g/mol. The first kappa shape index (κ1) is 16.4. The molecule has 3 aromatic rings. The van der Waals surface area contributed by atoms with Crippen molar-refractivity contribution in [3.63, 3.8) is 0 Å².